The average Bonchev–Trinajstić information content (AvgIpc) is 2.51. The number of hydrogen-bond donors (Lipinski definition) is 2. The lowest BCUT2D eigenvalue weighted by Gasteiger charge is -2.35. The predicted molar refractivity (Wildman–Crippen MR) is 118 cm³/mol. The molecule has 1 aromatic rings. The van der Waals surface area contributed by atoms with Crippen molar-refractivity contribution >= 4 is 30.7 Å². The number of nitrogens with two attached hydrogens (primary N) is 1. The summed E-state index contributed by atoms with van der Waals surface area (Å²) in [6, 6.07) is 7.90. The molecule has 3 N–H and O–H groups in total. The molecule has 0 radical (unpaired) electrons. The Morgan fingerprint density at radius 2 is 1.67 bits per heavy atom. The van der Waals surface area contributed by atoms with E-state index >= 15 is 0 Å². The Balaban J connectivity index is 0.00000338. The van der Waals surface area contributed by atoms with E-state index in [1.807, 2.05) is 26.8 Å². The molecule has 4 nitrogen and oxygen atoms in total. The van der Waals surface area contributed by atoms with Gasteiger partial charge in [0.1, 0.15) is 0 Å². The third kappa shape index (κ3) is 7.98. The molecule has 0 aromatic heterocycles. The molecule has 1 aromatic carbocycles. The number of hydrogen-bond acceptors (Lipinski definition) is 3. The molecule has 0 saturated carbocycles. The van der Waals surface area contributed by atoms with Crippen LogP contribution < -0.4 is 11.1 Å². The molecule has 1 aliphatic rings. The van der Waals surface area contributed by atoms with Crippen LogP contribution in [0.4, 0.5) is 0 Å². The molecular weight excluding hydrogens is 381 g/mol. The fourth-order valence-corrected chi connectivity index (χ4v) is 3.73. The van der Waals surface area contributed by atoms with Crippen LogP contribution in [-0.2, 0) is 17.9 Å². The van der Waals surface area contributed by atoms with Gasteiger partial charge in [-0.05, 0) is 34.8 Å². The van der Waals surface area contributed by atoms with Gasteiger partial charge in [-0.2, -0.15) is 0 Å². The van der Waals surface area contributed by atoms with Gasteiger partial charge < -0.3 is 11.1 Å². The molecule has 1 amide bonds. The summed E-state index contributed by atoms with van der Waals surface area (Å²) in [5.41, 5.74) is 8.31. The normalized spacial score (nSPS) is 21.6. The first-order chi connectivity index (χ1) is 11.7. The van der Waals surface area contributed by atoms with Gasteiger partial charge in [-0.1, -0.05) is 58.9 Å². The zero-order valence-corrected chi connectivity index (χ0v) is 19.0. The van der Waals surface area contributed by atoms with Crippen LogP contribution in [0.15, 0.2) is 24.3 Å². The second-order valence-corrected chi connectivity index (χ2v) is 8.97. The summed E-state index contributed by atoms with van der Waals surface area (Å²) < 4.78 is 0. The number of amides is 1. The van der Waals surface area contributed by atoms with Crippen LogP contribution >= 0.6 is 24.8 Å². The first-order valence-electron chi connectivity index (χ1n) is 9.49. The summed E-state index contributed by atoms with van der Waals surface area (Å²) in [5.74, 6) is 1.42. The van der Waals surface area contributed by atoms with E-state index in [9.17, 15) is 4.79 Å². The summed E-state index contributed by atoms with van der Waals surface area (Å²) in [5, 5.41) is 3.02. The van der Waals surface area contributed by atoms with Crippen molar-refractivity contribution in [3.63, 3.8) is 0 Å². The van der Waals surface area contributed by atoms with Crippen LogP contribution in [-0.4, -0.2) is 29.9 Å². The van der Waals surface area contributed by atoms with Gasteiger partial charge in [0.25, 0.3) is 0 Å². The number of nitrogens with one attached hydrogen (secondary N) is 1. The van der Waals surface area contributed by atoms with Crippen LogP contribution in [0.25, 0.3) is 0 Å². The van der Waals surface area contributed by atoms with E-state index in [2.05, 4.69) is 42.3 Å². The molecule has 1 saturated heterocycles. The molecule has 156 valence electrons. The highest BCUT2D eigenvalue weighted by atomic mass is 35.5. The fraction of sp³-hybridized carbons (Fsp3) is 0.667. The number of carbonyl (C=O) groups excluding carboxylic acids is 1. The maximum absolute atomic E-state index is 12.3. The van der Waals surface area contributed by atoms with Crippen molar-refractivity contribution in [3.8, 4) is 0 Å². The molecule has 1 fully saturated rings. The Labute approximate surface area is 177 Å². The molecule has 2 unspecified atom stereocenters. The van der Waals surface area contributed by atoms with Crippen molar-refractivity contribution in [2.75, 3.05) is 13.1 Å². The average molecular weight is 418 g/mol. The highest BCUT2D eigenvalue weighted by Crippen LogP contribution is 2.23. The zero-order valence-electron chi connectivity index (χ0n) is 17.3. The highest BCUT2D eigenvalue weighted by molar-refractivity contribution is 5.85. The van der Waals surface area contributed by atoms with Crippen LogP contribution in [0.3, 0.4) is 0 Å². The van der Waals surface area contributed by atoms with E-state index in [1.165, 1.54) is 17.5 Å². The predicted octanol–water partition coefficient (Wildman–Crippen LogP) is 4.00. The Morgan fingerprint density at radius 3 is 2.19 bits per heavy atom. The summed E-state index contributed by atoms with van der Waals surface area (Å²) >= 11 is 0. The molecule has 2 rings (SSSR count). The molecule has 27 heavy (non-hydrogen) atoms. The van der Waals surface area contributed by atoms with Crippen molar-refractivity contribution in [2.24, 2.45) is 23.0 Å². The Hall–Kier alpha value is -0.810. The molecular formula is C21H37Cl2N3O. The third-order valence-corrected chi connectivity index (χ3v) is 5.13. The SMILES string of the molecule is CC1CC(C)CN(Cc2ccccc2CNC(=O)[C@@H](N)C(C)(C)C)C1.Cl.Cl. The minimum Gasteiger partial charge on any atom is -0.351 e. The molecule has 6 heteroatoms. The standard InChI is InChI=1S/C21H35N3O.2ClH/c1-15-10-16(2)13-24(12-15)14-18-9-7-6-8-17(18)11-23-20(25)19(22)21(3,4)5;;/h6-9,15-16,19H,10-14,22H2,1-5H3,(H,23,25);2*1H/t15?,16?,19-;;/m1../s1. The van der Waals surface area contributed by atoms with E-state index in [-0.39, 0.29) is 36.1 Å². The first-order valence-corrected chi connectivity index (χ1v) is 9.49. The number of rotatable bonds is 5. The lowest BCUT2D eigenvalue weighted by molar-refractivity contribution is -0.124. The van der Waals surface area contributed by atoms with E-state index in [1.54, 1.807) is 0 Å². The van der Waals surface area contributed by atoms with Gasteiger partial charge >= 0.3 is 0 Å². The number of halogens is 2. The smallest absolute Gasteiger partial charge is 0.237 e. The minimum absolute atomic E-state index is 0. The summed E-state index contributed by atoms with van der Waals surface area (Å²) in [6.07, 6.45) is 1.32. The van der Waals surface area contributed by atoms with Crippen LogP contribution in [0.2, 0.25) is 0 Å². The van der Waals surface area contributed by atoms with Gasteiger partial charge in [0.2, 0.25) is 5.91 Å². The highest BCUT2D eigenvalue weighted by Gasteiger charge is 2.27. The topological polar surface area (TPSA) is 58.4 Å². The minimum atomic E-state index is -0.497. The molecule has 0 bridgehead atoms. The first kappa shape index (κ1) is 26.2. The number of carbonyl (C=O) groups is 1. The van der Waals surface area contributed by atoms with Gasteiger partial charge in [-0.3, -0.25) is 9.69 Å². The van der Waals surface area contributed by atoms with Gasteiger partial charge in [0, 0.05) is 26.2 Å². The van der Waals surface area contributed by atoms with Crippen molar-refractivity contribution < 1.29 is 4.79 Å². The van der Waals surface area contributed by atoms with Crippen LogP contribution in [0.1, 0.15) is 52.2 Å². The largest absolute Gasteiger partial charge is 0.351 e. The number of nitrogens with zero attached hydrogens (tertiary/aromatic N) is 1. The second-order valence-electron chi connectivity index (χ2n) is 8.97. The lowest BCUT2D eigenvalue weighted by Crippen LogP contribution is -2.48. The number of piperidine rings is 1. The molecule has 1 heterocycles. The van der Waals surface area contributed by atoms with E-state index in [0.29, 0.717) is 6.54 Å². The molecule has 0 aliphatic carbocycles. The van der Waals surface area contributed by atoms with Crippen molar-refractivity contribution in [3.05, 3.63) is 35.4 Å². The van der Waals surface area contributed by atoms with Crippen LogP contribution in [0, 0.1) is 17.3 Å². The van der Waals surface area contributed by atoms with Crippen LogP contribution in [0.5, 0.6) is 0 Å². The Morgan fingerprint density at radius 1 is 1.15 bits per heavy atom. The summed E-state index contributed by atoms with van der Waals surface area (Å²) in [7, 11) is 0. The van der Waals surface area contributed by atoms with Gasteiger partial charge in [0.15, 0.2) is 0 Å². The van der Waals surface area contributed by atoms with E-state index < -0.39 is 6.04 Å². The fourth-order valence-electron chi connectivity index (χ4n) is 3.73. The Bertz CT molecular complexity index is 579. The van der Waals surface area contributed by atoms with E-state index in [4.69, 9.17) is 5.73 Å². The summed E-state index contributed by atoms with van der Waals surface area (Å²) in [4.78, 5) is 14.8. The van der Waals surface area contributed by atoms with Gasteiger partial charge in [0.05, 0.1) is 6.04 Å². The molecule has 3 atom stereocenters. The Kier molecular flexibility index (Phi) is 10.9. The summed E-state index contributed by atoms with van der Waals surface area (Å²) in [6.45, 7) is 14.4. The van der Waals surface area contributed by atoms with Crippen molar-refractivity contribution in [1.82, 2.24) is 10.2 Å². The van der Waals surface area contributed by atoms with Gasteiger partial charge in [-0.15, -0.1) is 24.8 Å². The quantitative estimate of drug-likeness (QED) is 0.760. The number of likely N-dealkylation sites (tertiary alicyclic amines) is 1. The maximum atomic E-state index is 12.3. The van der Waals surface area contributed by atoms with Gasteiger partial charge in [-0.25, -0.2) is 0 Å². The lowest BCUT2D eigenvalue weighted by atomic mass is 9.87. The third-order valence-electron chi connectivity index (χ3n) is 5.13. The van der Waals surface area contributed by atoms with E-state index in [0.717, 1.165) is 31.5 Å². The zero-order chi connectivity index (χ0) is 18.6. The number of benzene rings is 1. The maximum Gasteiger partial charge on any atom is 0.237 e. The monoisotopic (exact) mass is 417 g/mol. The second kappa shape index (κ2) is 11.3. The molecule has 1 aliphatic heterocycles. The van der Waals surface area contributed by atoms with Crippen molar-refractivity contribution in [1.29, 1.82) is 0 Å². The molecule has 0 spiro atoms. The van der Waals surface area contributed by atoms with Crippen molar-refractivity contribution in [2.45, 2.75) is 60.2 Å².